The average molecular weight is 550 g/mol. The van der Waals surface area contributed by atoms with Crippen molar-refractivity contribution in [2.45, 2.75) is 0 Å². The first-order valence-corrected chi connectivity index (χ1v) is 14.5. The van der Waals surface area contributed by atoms with Crippen molar-refractivity contribution in [1.29, 1.82) is 0 Å². The van der Waals surface area contributed by atoms with Crippen LogP contribution in [0.4, 0.5) is 0 Å². The Morgan fingerprint density at radius 1 is 0.395 bits per heavy atom. The van der Waals surface area contributed by atoms with Crippen molar-refractivity contribution in [3.63, 3.8) is 0 Å². The Morgan fingerprint density at radius 2 is 0.977 bits per heavy atom. The van der Waals surface area contributed by atoms with Crippen LogP contribution in [-0.4, -0.2) is 14.5 Å². The van der Waals surface area contributed by atoms with E-state index in [1.165, 1.54) is 38.5 Å². The molecule has 0 amide bonds. The molecular weight excluding hydrogens is 522 g/mol. The van der Waals surface area contributed by atoms with E-state index in [0.717, 1.165) is 33.5 Å². The van der Waals surface area contributed by atoms with Crippen LogP contribution in [0.2, 0.25) is 0 Å². The maximum absolute atomic E-state index is 4.37. The number of benzene rings is 5. The van der Waals surface area contributed by atoms with Gasteiger partial charge in [-0.3, -0.25) is 9.97 Å². The van der Waals surface area contributed by atoms with Crippen LogP contribution in [0.5, 0.6) is 0 Å². The lowest BCUT2D eigenvalue weighted by Gasteiger charge is -2.15. The Bertz CT molecular complexity index is 2220. The fourth-order valence-corrected chi connectivity index (χ4v) is 6.14. The molecule has 0 bridgehead atoms. The number of hydrogen-bond donors (Lipinski definition) is 0. The standard InChI is InChI=1S/C40H27N3/c1-2-16-35(17-3-1)43-39-19-5-4-18-36(39)38-25-34(30-12-6-10-28(22-30)32-14-8-20-41-26-32)24-37(40(38)43)31-13-7-11-29(23-31)33-15-9-21-42-27-33/h1-27H. The third kappa shape index (κ3) is 4.48. The van der Waals surface area contributed by atoms with Gasteiger partial charge in [0.05, 0.1) is 11.0 Å². The first kappa shape index (κ1) is 25.0. The van der Waals surface area contributed by atoms with E-state index in [9.17, 15) is 0 Å². The average Bonchev–Trinajstić information content (AvgIpc) is 3.43. The Kier molecular flexibility index (Phi) is 6.12. The number of rotatable bonds is 5. The molecule has 0 N–H and O–H groups in total. The molecule has 0 saturated heterocycles. The summed E-state index contributed by atoms with van der Waals surface area (Å²) in [5.74, 6) is 0. The number of fused-ring (bicyclic) bond motifs is 3. The molecule has 3 aromatic heterocycles. The van der Waals surface area contributed by atoms with E-state index in [2.05, 4.69) is 142 Å². The molecular formula is C40H27N3. The highest BCUT2D eigenvalue weighted by molar-refractivity contribution is 6.15. The van der Waals surface area contributed by atoms with E-state index in [0.29, 0.717) is 0 Å². The summed E-state index contributed by atoms with van der Waals surface area (Å²) in [6.45, 7) is 0. The number of pyridine rings is 2. The topological polar surface area (TPSA) is 30.7 Å². The third-order valence-corrected chi connectivity index (χ3v) is 8.14. The van der Waals surface area contributed by atoms with Crippen molar-refractivity contribution < 1.29 is 0 Å². The van der Waals surface area contributed by atoms with E-state index in [-0.39, 0.29) is 0 Å². The van der Waals surface area contributed by atoms with Gasteiger partial charge in [-0.05, 0) is 82.4 Å². The molecule has 0 fully saturated rings. The van der Waals surface area contributed by atoms with Gasteiger partial charge in [0.25, 0.3) is 0 Å². The smallest absolute Gasteiger partial charge is 0.0619 e. The summed E-state index contributed by atoms with van der Waals surface area (Å²) in [4.78, 5) is 8.72. The highest BCUT2D eigenvalue weighted by Gasteiger charge is 2.19. The molecule has 0 atom stereocenters. The molecule has 3 heterocycles. The quantitative estimate of drug-likeness (QED) is 0.214. The van der Waals surface area contributed by atoms with Gasteiger partial charge in [-0.1, -0.05) is 84.9 Å². The van der Waals surface area contributed by atoms with Crippen molar-refractivity contribution in [1.82, 2.24) is 14.5 Å². The molecule has 5 aromatic carbocycles. The lowest BCUT2D eigenvalue weighted by Crippen LogP contribution is -1.96. The highest BCUT2D eigenvalue weighted by Crippen LogP contribution is 2.42. The minimum absolute atomic E-state index is 1.10. The van der Waals surface area contributed by atoms with Gasteiger partial charge in [-0.25, -0.2) is 0 Å². The molecule has 3 heteroatoms. The summed E-state index contributed by atoms with van der Waals surface area (Å²) in [7, 11) is 0. The molecule has 43 heavy (non-hydrogen) atoms. The second-order valence-electron chi connectivity index (χ2n) is 10.8. The summed E-state index contributed by atoms with van der Waals surface area (Å²) >= 11 is 0. The second kappa shape index (κ2) is 10.6. The van der Waals surface area contributed by atoms with Crippen LogP contribution >= 0.6 is 0 Å². The zero-order valence-electron chi connectivity index (χ0n) is 23.4. The monoisotopic (exact) mass is 549 g/mol. The Balaban J connectivity index is 1.44. The van der Waals surface area contributed by atoms with Crippen LogP contribution < -0.4 is 0 Å². The molecule has 0 radical (unpaired) electrons. The minimum atomic E-state index is 1.10. The van der Waals surface area contributed by atoms with Crippen LogP contribution in [0, 0.1) is 0 Å². The molecule has 0 unspecified atom stereocenters. The van der Waals surface area contributed by atoms with Gasteiger partial charge in [0.15, 0.2) is 0 Å². The fraction of sp³-hybridized carbons (Fsp3) is 0. The predicted molar refractivity (Wildman–Crippen MR) is 178 cm³/mol. The Morgan fingerprint density at radius 3 is 1.65 bits per heavy atom. The van der Waals surface area contributed by atoms with Gasteiger partial charge in [-0.15, -0.1) is 0 Å². The van der Waals surface area contributed by atoms with Crippen LogP contribution in [-0.2, 0) is 0 Å². The van der Waals surface area contributed by atoms with Crippen LogP contribution in [0.25, 0.3) is 72.0 Å². The fourth-order valence-electron chi connectivity index (χ4n) is 6.14. The van der Waals surface area contributed by atoms with Gasteiger partial charge in [-0.2, -0.15) is 0 Å². The van der Waals surface area contributed by atoms with Crippen molar-refractivity contribution in [2.75, 3.05) is 0 Å². The van der Waals surface area contributed by atoms with E-state index in [1.807, 2.05) is 36.9 Å². The van der Waals surface area contributed by atoms with E-state index in [4.69, 9.17) is 0 Å². The summed E-state index contributed by atoms with van der Waals surface area (Å²) in [5.41, 5.74) is 12.7. The largest absolute Gasteiger partial charge is 0.309 e. The highest BCUT2D eigenvalue weighted by atomic mass is 15.0. The molecule has 0 aliphatic carbocycles. The van der Waals surface area contributed by atoms with Crippen molar-refractivity contribution in [3.8, 4) is 50.2 Å². The van der Waals surface area contributed by atoms with Gasteiger partial charge in [0.2, 0.25) is 0 Å². The summed E-state index contributed by atoms with van der Waals surface area (Å²) < 4.78 is 2.41. The second-order valence-corrected chi connectivity index (χ2v) is 10.8. The SMILES string of the molecule is c1ccc(-n2c3ccccc3c3cc(-c4cccc(-c5cccnc5)c4)cc(-c4cccc(-c5cccnc5)c4)c32)cc1. The predicted octanol–water partition coefficient (Wildman–Crippen LogP) is 10.2. The number of nitrogens with zero attached hydrogens (tertiary/aromatic N) is 3. The third-order valence-electron chi connectivity index (χ3n) is 8.14. The van der Waals surface area contributed by atoms with E-state index >= 15 is 0 Å². The molecule has 0 saturated carbocycles. The summed E-state index contributed by atoms with van der Waals surface area (Å²) in [6.07, 6.45) is 7.48. The lowest BCUT2D eigenvalue weighted by molar-refractivity contribution is 1.18. The minimum Gasteiger partial charge on any atom is -0.309 e. The van der Waals surface area contributed by atoms with Gasteiger partial charge < -0.3 is 4.57 Å². The van der Waals surface area contributed by atoms with Gasteiger partial charge >= 0.3 is 0 Å². The molecule has 8 aromatic rings. The molecule has 0 aliphatic rings. The van der Waals surface area contributed by atoms with Crippen LogP contribution in [0.1, 0.15) is 0 Å². The number of para-hydroxylation sites is 2. The van der Waals surface area contributed by atoms with Crippen LogP contribution in [0.3, 0.4) is 0 Å². The molecule has 0 spiro atoms. The van der Waals surface area contributed by atoms with Gasteiger partial charge in [0.1, 0.15) is 0 Å². The molecule has 202 valence electrons. The first-order valence-electron chi connectivity index (χ1n) is 14.5. The summed E-state index contributed by atoms with van der Waals surface area (Å²) in [5, 5.41) is 2.46. The maximum atomic E-state index is 4.37. The van der Waals surface area contributed by atoms with Crippen molar-refractivity contribution >= 4 is 21.8 Å². The van der Waals surface area contributed by atoms with Gasteiger partial charge in [0, 0.05) is 57.9 Å². The maximum Gasteiger partial charge on any atom is 0.0619 e. The Labute approximate surface area is 250 Å². The normalized spacial score (nSPS) is 11.3. The zero-order chi connectivity index (χ0) is 28.6. The van der Waals surface area contributed by atoms with Crippen LogP contribution in [0.15, 0.2) is 164 Å². The summed E-state index contributed by atoms with van der Waals surface area (Å²) in [6, 6.07) is 49.9. The first-order chi connectivity index (χ1) is 21.3. The number of aromatic nitrogens is 3. The van der Waals surface area contributed by atoms with Crippen molar-refractivity contribution in [2.24, 2.45) is 0 Å². The molecule has 8 rings (SSSR count). The molecule has 3 nitrogen and oxygen atoms in total. The Hall–Kier alpha value is -5.80. The molecule has 0 aliphatic heterocycles. The lowest BCUT2D eigenvalue weighted by atomic mass is 9.93. The van der Waals surface area contributed by atoms with E-state index in [1.54, 1.807) is 0 Å². The number of hydrogen-bond acceptors (Lipinski definition) is 2. The zero-order valence-corrected chi connectivity index (χ0v) is 23.4. The van der Waals surface area contributed by atoms with Crippen molar-refractivity contribution in [3.05, 3.63) is 164 Å². The van der Waals surface area contributed by atoms with E-state index < -0.39 is 0 Å².